The van der Waals surface area contributed by atoms with Gasteiger partial charge in [-0.25, -0.2) is 4.98 Å². The van der Waals surface area contributed by atoms with Gasteiger partial charge in [0, 0.05) is 42.6 Å². The molecular formula is C16H16N4O3S. The standard InChI is InChI=1S/C16H16N4O3S/c1-19-9-8-13-14(10-19)24-16(17-13)18-15(21)7-4-11-2-5-12(6-3-11)20(22)23/h2-7H,8-10H2,1H3,(H,17,18,21)/b7-4+. The number of likely N-dealkylation sites (N-methyl/N-ethyl adjacent to an activating group) is 1. The van der Waals surface area contributed by atoms with Crippen LogP contribution < -0.4 is 5.32 Å². The molecule has 0 spiro atoms. The van der Waals surface area contributed by atoms with Gasteiger partial charge in [-0.05, 0) is 30.8 Å². The predicted octanol–water partition coefficient (Wildman–Crippen LogP) is 2.69. The molecule has 2 heterocycles. The maximum absolute atomic E-state index is 12.0. The molecule has 124 valence electrons. The number of fused-ring (bicyclic) bond motifs is 1. The van der Waals surface area contributed by atoms with Gasteiger partial charge in [-0.15, -0.1) is 11.3 Å². The topological polar surface area (TPSA) is 88.4 Å². The average Bonchev–Trinajstić information content (AvgIpc) is 2.94. The summed E-state index contributed by atoms with van der Waals surface area (Å²) in [6.07, 6.45) is 3.91. The van der Waals surface area contributed by atoms with Crippen LogP contribution in [0.2, 0.25) is 0 Å². The molecule has 1 N–H and O–H groups in total. The van der Waals surface area contributed by atoms with E-state index >= 15 is 0 Å². The Hall–Kier alpha value is -2.58. The van der Waals surface area contributed by atoms with Gasteiger partial charge in [-0.2, -0.15) is 0 Å². The van der Waals surface area contributed by atoms with E-state index in [1.807, 2.05) is 0 Å². The Morgan fingerprint density at radius 2 is 2.17 bits per heavy atom. The van der Waals surface area contributed by atoms with Crippen molar-refractivity contribution in [1.29, 1.82) is 0 Å². The van der Waals surface area contributed by atoms with Crippen molar-refractivity contribution in [1.82, 2.24) is 9.88 Å². The second-order valence-electron chi connectivity index (χ2n) is 5.55. The molecule has 0 fully saturated rings. The minimum absolute atomic E-state index is 0.0231. The van der Waals surface area contributed by atoms with E-state index in [4.69, 9.17) is 0 Å². The number of carbonyl (C=O) groups excluding carboxylic acids is 1. The first-order valence-electron chi connectivity index (χ1n) is 7.42. The minimum atomic E-state index is -0.456. The molecule has 0 radical (unpaired) electrons. The van der Waals surface area contributed by atoms with Crippen molar-refractivity contribution in [3.63, 3.8) is 0 Å². The summed E-state index contributed by atoms with van der Waals surface area (Å²) in [5, 5.41) is 14.0. The molecule has 0 atom stereocenters. The van der Waals surface area contributed by atoms with Crippen LogP contribution in [0.15, 0.2) is 30.3 Å². The third-order valence-electron chi connectivity index (χ3n) is 3.68. The summed E-state index contributed by atoms with van der Waals surface area (Å²) in [4.78, 5) is 30.0. The quantitative estimate of drug-likeness (QED) is 0.523. The van der Waals surface area contributed by atoms with E-state index in [2.05, 4.69) is 22.2 Å². The maximum Gasteiger partial charge on any atom is 0.269 e. The van der Waals surface area contributed by atoms with Gasteiger partial charge in [0.05, 0.1) is 10.6 Å². The lowest BCUT2D eigenvalue weighted by Crippen LogP contribution is -2.25. The highest BCUT2D eigenvalue weighted by molar-refractivity contribution is 7.15. The van der Waals surface area contributed by atoms with Crippen molar-refractivity contribution in [2.75, 3.05) is 18.9 Å². The molecule has 0 saturated heterocycles. The second-order valence-corrected chi connectivity index (χ2v) is 6.63. The minimum Gasteiger partial charge on any atom is -0.301 e. The number of benzene rings is 1. The Bertz CT molecular complexity index is 798. The summed E-state index contributed by atoms with van der Waals surface area (Å²) in [7, 11) is 2.06. The highest BCUT2D eigenvalue weighted by Gasteiger charge is 2.18. The smallest absolute Gasteiger partial charge is 0.269 e. The average molecular weight is 344 g/mol. The van der Waals surface area contributed by atoms with Gasteiger partial charge >= 0.3 is 0 Å². The van der Waals surface area contributed by atoms with Gasteiger partial charge in [0.25, 0.3) is 5.69 Å². The van der Waals surface area contributed by atoms with E-state index in [1.54, 1.807) is 18.2 Å². The lowest BCUT2D eigenvalue weighted by molar-refractivity contribution is -0.384. The molecule has 1 aliphatic rings. The normalized spacial score (nSPS) is 14.5. The summed E-state index contributed by atoms with van der Waals surface area (Å²) in [6.45, 7) is 1.84. The van der Waals surface area contributed by atoms with Gasteiger partial charge in [0.15, 0.2) is 5.13 Å². The number of nitrogens with one attached hydrogen (secondary N) is 1. The monoisotopic (exact) mass is 344 g/mol. The molecule has 1 amide bonds. The molecule has 0 saturated carbocycles. The van der Waals surface area contributed by atoms with Crippen molar-refractivity contribution in [3.8, 4) is 0 Å². The van der Waals surface area contributed by atoms with Crippen LogP contribution in [0.25, 0.3) is 6.08 Å². The Morgan fingerprint density at radius 1 is 1.42 bits per heavy atom. The lowest BCUT2D eigenvalue weighted by atomic mass is 10.2. The molecule has 0 unspecified atom stereocenters. The molecule has 3 rings (SSSR count). The van der Waals surface area contributed by atoms with Crippen LogP contribution in [0.3, 0.4) is 0 Å². The number of hydrogen-bond donors (Lipinski definition) is 1. The van der Waals surface area contributed by atoms with Crippen LogP contribution in [0.1, 0.15) is 16.1 Å². The van der Waals surface area contributed by atoms with Crippen LogP contribution in [0.4, 0.5) is 10.8 Å². The molecule has 7 nitrogen and oxygen atoms in total. The first kappa shape index (κ1) is 16.3. The fourth-order valence-corrected chi connectivity index (χ4v) is 3.49. The number of nitro groups is 1. The number of thiazole rings is 1. The lowest BCUT2D eigenvalue weighted by Gasteiger charge is -2.20. The molecule has 1 aliphatic heterocycles. The number of amides is 1. The van der Waals surface area contributed by atoms with Crippen LogP contribution in [0, 0.1) is 10.1 Å². The van der Waals surface area contributed by atoms with Crippen molar-refractivity contribution >= 4 is 34.1 Å². The number of nitrogens with zero attached hydrogens (tertiary/aromatic N) is 3. The number of nitro benzene ring substituents is 1. The van der Waals surface area contributed by atoms with E-state index in [1.165, 1.54) is 34.4 Å². The predicted molar refractivity (Wildman–Crippen MR) is 92.9 cm³/mol. The number of hydrogen-bond acceptors (Lipinski definition) is 6. The zero-order chi connectivity index (χ0) is 17.1. The molecule has 1 aromatic heterocycles. The SMILES string of the molecule is CN1CCc2nc(NC(=O)/C=C/c3ccc([N+](=O)[O-])cc3)sc2C1. The van der Waals surface area contributed by atoms with Crippen molar-refractivity contribution in [3.05, 3.63) is 56.6 Å². The summed E-state index contributed by atoms with van der Waals surface area (Å²) >= 11 is 1.50. The van der Waals surface area contributed by atoms with Crippen LogP contribution in [-0.2, 0) is 17.8 Å². The van der Waals surface area contributed by atoms with Crippen LogP contribution in [-0.4, -0.2) is 34.3 Å². The summed E-state index contributed by atoms with van der Waals surface area (Å²) in [5.41, 5.74) is 1.80. The van der Waals surface area contributed by atoms with Gasteiger partial charge in [0.1, 0.15) is 0 Å². The van der Waals surface area contributed by atoms with Crippen molar-refractivity contribution in [2.45, 2.75) is 13.0 Å². The fourth-order valence-electron chi connectivity index (χ4n) is 2.40. The molecule has 2 aromatic rings. The summed E-state index contributed by atoms with van der Waals surface area (Å²) < 4.78 is 0. The second kappa shape index (κ2) is 6.90. The van der Waals surface area contributed by atoms with Gasteiger partial charge in [-0.3, -0.25) is 20.2 Å². The van der Waals surface area contributed by atoms with E-state index in [9.17, 15) is 14.9 Å². The van der Waals surface area contributed by atoms with E-state index in [-0.39, 0.29) is 11.6 Å². The third kappa shape index (κ3) is 3.84. The van der Waals surface area contributed by atoms with E-state index in [0.29, 0.717) is 5.13 Å². The number of aromatic nitrogens is 1. The number of rotatable bonds is 4. The zero-order valence-corrected chi connectivity index (χ0v) is 13.9. The largest absolute Gasteiger partial charge is 0.301 e. The number of non-ortho nitro benzene ring substituents is 1. The summed E-state index contributed by atoms with van der Waals surface area (Å²) in [6, 6.07) is 6.01. The molecule has 24 heavy (non-hydrogen) atoms. The Balaban J connectivity index is 1.62. The number of anilines is 1. The Morgan fingerprint density at radius 3 is 2.88 bits per heavy atom. The van der Waals surface area contributed by atoms with Crippen molar-refractivity contribution < 1.29 is 9.72 Å². The van der Waals surface area contributed by atoms with Gasteiger partial charge in [0.2, 0.25) is 5.91 Å². The van der Waals surface area contributed by atoms with E-state index in [0.717, 1.165) is 30.8 Å². The molecule has 8 heteroatoms. The first-order valence-corrected chi connectivity index (χ1v) is 8.23. The van der Waals surface area contributed by atoms with Gasteiger partial charge in [-0.1, -0.05) is 0 Å². The Labute approximate surface area is 142 Å². The maximum atomic E-state index is 12.0. The van der Waals surface area contributed by atoms with Crippen LogP contribution >= 0.6 is 11.3 Å². The molecular weight excluding hydrogens is 328 g/mol. The molecule has 0 aliphatic carbocycles. The van der Waals surface area contributed by atoms with E-state index < -0.39 is 4.92 Å². The Kier molecular flexibility index (Phi) is 4.68. The highest BCUT2D eigenvalue weighted by Crippen LogP contribution is 2.27. The highest BCUT2D eigenvalue weighted by atomic mass is 32.1. The zero-order valence-electron chi connectivity index (χ0n) is 13.1. The fraction of sp³-hybridized carbons (Fsp3) is 0.250. The first-order chi connectivity index (χ1) is 11.5. The van der Waals surface area contributed by atoms with Crippen LogP contribution in [0.5, 0.6) is 0 Å². The third-order valence-corrected chi connectivity index (χ3v) is 4.68. The molecule has 0 bridgehead atoms. The van der Waals surface area contributed by atoms with Crippen molar-refractivity contribution in [2.24, 2.45) is 0 Å². The molecule has 1 aromatic carbocycles. The number of carbonyl (C=O) groups is 1. The summed E-state index contributed by atoms with van der Waals surface area (Å²) in [5.74, 6) is -0.271. The van der Waals surface area contributed by atoms with Gasteiger partial charge < -0.3 is 4.90 Å².